The highest BCUT2D eigenvalue weighted by molar-refractivity contribution is 5.82. The summed E-state index contributed by atoms with van der Waals surface area (Å²) in [5.74, 6) is 0.343. The number of hydrogen-bond acceptors (Lipinski definition) is 4. The van der Waals surface area contributed by atoms with E-state index in [4.69, 9.17) is 9.47 Å². The second-order valence-corrected chi connectivity index (χ2v) is 5.56. The summed E-state index contributed by atoms with van der Waals surface area (Å²) in [6, 6.07) is 6.63. The Morgan fingerprint density at radius 2 is 2.16 bits per heavy atom. The summed E-state index contributed by atoms with van der Waals surface area (Å²) >= 11 is 0. The topological polar surface area (TPSA) is 60.5 Å². The molecule has 3 rings (SSSR count). The molecule has 25 heavy (non-hydrogen) atoms. The maximum absolute atomic E-state index is 12.7. The summed E-state index contributed by atoms with van der Waals surface area (Å²) in [4.78, 5) is 16.2. The van der Waals surface area contributed by atoms with Crippen molar-refractivity contribution in [3.05, 3.63) is 53.2 Å². The van der Waals surface area contributed by atoms with Crippen LogP contribution in [0.4, 0.5) is 13.2 Å². The van der Waals surface area contributed by atoms with Crippen LogP contribution in [0, 0.1) is 0 Å². The molecule has 2 heterocycles. The number of methoxy groups -OCH3 is 1. The summed E-state index contributed by atoms with van der Waals surface area (Å²) < 4.78 is 48.7. The molecule has 1 aromatic carbocycles. The zero-order chi connectivity index (χ0) is 18.0. The SMILES string of the molecule is COc1cc(CNC(=O)C2Cc3cc(C(F)(F)F)ccc3O2)ccn1. The standard InChI is InChI=1S/C17H15F3N2O3/c1-24-15-6-10(4-5-21-15)9-22-16(23)14-8-11-7-12(17(18,19)20)2-3-13(11)25-14/h2-7,14H,8-9H2,1H3,(H,22,23). The Balaban J connectivity index is 1.62. The smallest absolute Gasteiger partial charge is 0.416 e. The number of benzene rings is 1. The second-order valence-electron chi connectivity index (χ2n) is 5.56. The lowest BCUT2D eigenvalue weighted by Gasteiger charge is -2.11. The number of hydrogen-bond donors (Lipinski definition) is 1. The number of fused-ring (bicyclic) bond motifs is 1. The van der Waals surface area contributed by atoms with E-state index in [-0.39, 0.29) is 18.9 Å². The van der Waals surface area contributed by atoms with Gasteiger partial charge in [-0.05, 0) is 35.4 Å². The van der Waals surface area contributed by atoms with Crippen LogP contribution in [-0.4, -0.2) is 24.1 Å². The minimum Gasteiger partial charge on any atom is -0.481 e. The molecule has 0 radical (unpaired) electrons. The van der Waals surface area contributed by atoms with Crippen LogP contribution in [0.5, 0.6) is 11.6 Å². The Labute approximate surface area is 141 Å². The Morgan fingerprint density at radius 1 is 1.36 bits per heavy atom. The fraction of sp³-hybridized carbons (Fsp3) is 0.294. The maximum Gasteiger partial charge on any atom is 0.416 e. The summed E-state index contributed by atoms with van der Waals surface area (Å²) in [6.07, 6.45) is -3.61. The van der Waals surface area contributed by atoms with Gasteiger partial charge in [-0.15, -0.1) is 0 Å². The average molecular weight is 352 g/mol. The number of ether oxygens (including phenoxy) is 2. The molecular weight excluding hydrogens is 337 g/mol. The first-order chi connectivity index (χ1) is 11.9. The summed E-state index contributed by atoms with van der Waals surface area (Å²) in [5.41, 5.74) is 0.412. The van der Waals surface area contributed by atoms with E-state index < -0.39 is 17.8 Å². The third-order valence-corrected chi connectivity index (χ3v) is 3.83. The number of alkyl halides is 3. The van der Waals surface area contributed by atoms with E-state index >= 15 is 0 Å². The highest BCUT2D eigenvalue weighted by Gasteiger charge is 2.34. The van der Waals surface area contributed by atoms with Gasteiger partial charge in [-0.2, -0.15) is 13.2 Å². The van der Waals surface area contributed by atoms with Crippen molar-refractivity contribution in [2.45, 2.75) is 25.2 Å². The first-order valence-electron chi connectivity index (χ1n) is 7.50. The number of carbonyl (C=O) groups is 1. The third-order valence-electron chi connectivity index (χ3n) is 3.83. The molecule has 1 N–H and O–H groups in total. The molecular formula is C17H15F3N2O3. The largest absolute Gasteiger partial charge is 0.481 e. The van der Waals surface area contributed by atoms with Crippen LogP contribution in [0.2, 0.25) is 0 Å². The van der Waals surface area contributed by atoms with Gasteiger partial charge in [-0.3, -0.25) is 4.79 Å². The van der Waals surface area contributed by atoms with Gasteiger partial charge in [0.05, 0.1) is 12.7 Å². The van der Waals surface area contributed by atoms with Crippen LogP contribution in [0.1, 0.15) is 16.7 Å². The van der Waals surface area contributed by atoms with E-state index in [0.717, 1.165) is 17.7 Å². The van der Waals surface area contributed by atoms with Gasteiger partial charge in [-0.25, -0.2) is 4.98 Å². The molecule has 1 amide bonds. The Morgan fingerprint density at radius 3 is 2.88 bits per heavy atom. The number of halogens is 3. The second kappa shape index (κ2) is 6.62. The van der Waals surface area contributed by atoms with Crippen molar-refractivity contribution in [2.24, 2.45) is 0 Å². The van der Waals surface area contributed by atoms with E-state index in [1.165, 1.54) is 13.2 Å². The molecule has 0 fully saturated rings. The van der Waals surface area contributed by atoms with E-state index in [0.29, 0.717) is 17.2 Å². The van der Waals surface area contributed by atoms with Gasteiger partial charge in [0.2, 0.25) is 5.88 Å². The Kier molecular flexibility index (Phi) is 4.52. The van der Waals surface area contributed by atoms with Gasteiger partial charge in [0.25, 0.3) is 5.91 Å². The van der Waals surface area contributed by atoms with Gasteiger partial charge in [0.1, 0.15) is 5.75 Å². The highest BCUT2D eigenvalue weighted by Crippen LogP contribution is 2.36. The first-order valence-corrected chi connectivity index (χ1v) is 7.50. The van der Waals surface area contributed by atoms with Gasteiger partial charge in [0.15, 0.2) is 6.10 Å². The Bertz CT molecular complexity index is 793. The lowest BCUT2D eigenvalue weighted by Crippen LogP contribution is -2.37. The minimum absolute atomic E-state index is 0.102. The molecule has 1 atom stereocenters. The number of pyridine rings is 1. The normalized spacial score (nSPS) is 16.1. The lowest BCUT2D eigenvalue weighted by molar-refractivity contribution is -0.137. The van der Waals surface area contributed by atoms with Crippen molar-refractivity contribution in [1.29, 1.82) is 0 Å². The molecule has 132 valence electrons. The van der Waals surface area contributed by atoms with Crippen molar-refractivity contribution in [3.63, 3.8) is 0 Å². The molecule has 1 unspecified atom stereocenters. The number of rotatable bonds is 4. The van der Waals surface area contributed by atoms with E-state index in [2.05, 4.69) is 10.3 Å². The number of amides is 1. The van der Waals surface area contributed by atoms with Gasteiger partial charge < -0.3 is 14.8 Å². The predicted octanol–water partition coefficient (Wildman–Crippen LogP) is 2.73. The zero-order valence-corrected chi connectivity index (χ0v) is 13.3. The minimum atomic E-state index is -4.42. The zero-order valence-electron chi connectivity index (χ0n) is 13.3. The van der Waals surface area contributed by atoms with Crippen molar-refractivity contribution in [3.8, 4) is 11.6 Å². The van der Waals surface area contributed by atoms with Crippen molar-refractivity contribution < 1.29 is 27.4 Å². The van der Waals surface area contributed by atoms with Crippen molar-refractivity contribution >= 4 is 5.91 Å². The van der Waals surface area contributed by atoms with E-state index in [9.17, 15) is 18.0 Å². The van der Waals surface area contributed by atoms with E-state index in [1.807, 2.05) is 0 Å². The molecule has 0 spiro atoms. The molecule has 0 saturated carbocycles. The van der Waals surface area contributed by atoms with Crippen LogP contribution in [-0.2, 0) is 23.9 Å². The Hall–Kier alpha value is -2.77. The van der Waals surface area contributed by atoms with Crippen LogP contribution >= 0.6 is 0 Å². The maximum atomic E-state index is 12.7. The van der Waals surface area contributed by atoms with E-state index in [1.54, 1.807) is 18.3 Å². The third kappa shape index (κ3) is 3.84. The fourth-order valence-electron chi connectivity index (χ4n) is 2.55. The molecule has 2 aromatic rings. The number of carbonyl (C=O) groups excluding carboxylic acids is 1. The van der Waals surface area contributed by atoms with Gasteiger partial charge >= 0.3 is 6.18 Å². The van der Waals surface area contributed by atoms with Crippen molar-refractivity contribution in [2.75, 3.05) is 7.11 Å². The van der Waals surface area contributed by atoms with Gasteiger partial charge in [-0.1, -0.05) is 0 Å². The fourth-order valence-corrected chi connectivity index (χ4v) is 2.55. The first kappa shape index (κ1) is 17.1. The predicted molar refractivity (Wildman–Crippen MR) is 82.2 cm³/mol. The monoisotopic (exact) mass is 352 g/mol. The van der Waals surface area contributed by atoms with Crippen LogP contribution in [0.15, 0.2) is 36.5 Å². The summed E-state index contributed by atoms with van der Waals surface area (Å²) in [7, 11) is 1.49. The van der Waals surface area contributed by atoms with Crippen LogP contribution in [0.3, 0.4) is 0 Å². The molecule has 1 aliphatic rings. The van der Waals surface area contributed by atoms with Crippen LogP contribution < -0.4 is 14.8 Å². The van der Waals surface area contributed by atoms with Gasteiger partial charge in [0, 0.05) is 25.2 Å². The summed E-state index contributed by atoms with van der Waals surface area (Å²) in [5, 5.41) is 2.70. The molecule has 5 nitrogen and oxygen atoms in total. The molecule has 0 saturated heterocycles. The average Bonchev–Trinajstić information content (AvgIpc) is 3.02. The molecule has 0 bridgehead atoms. The highest BCUT2D eigenvalue weighted by atomic mass is 19.4. The number of nitrogens with zero attached hydrogens (tertiary/aromatic N) is 1. The lowest BCUT2D eigenvalue weighted by atomic mass is 10.1. The quantitative estimate of drug-likeness (QED) is 0.919. The molecule has 1 aliphatic heterocycles. The molecule has 1 aromatic heterocycles. The molecule has 8 heteroatoms. The van der Waals surface area contributed by atoms with Crippen molar-refractivity contribution in [1.82, 2.24) is 10.3 Å². The van der Waals surface area contributed by atoms with Crippen LogP contribution in [0.25, 0.3) is 0 Å². The summed E-state index contributed by atoms with van der Waals surface area (Å²) in [6.45, 7) is 0.238. The number of nitrogens with one attached hydrogen (secondary N) is 1. The number of aromatic nitrogens is 1. The molecule has 0 aliphatic carbocycles.